The monoisotopic (exact) mass is 405 g/mol. The largest absolute Gasteiger partial charge is 0.371 e. The van der Waals surface area contributed by atoms with E-state index in [1.807, 2.05) is 54.4 Å². The van der Waals surface area contributed by atoms with Gasteiger partial charge in [0.25, 0.3) is 5.91 Å². The van der Waals surface area contributed by atoms with E-state index in [2.05, 4.69) is 17.2 Å². The zero-order valence-electron chi connectivity index (χ0n) is 17.3. The van der Waals surface area contributed by atoms with Gasteiger partial charge in [-0.15, -0.1) is 0 Å². The summed E-state index contributed by atoms with van der Waals surface area (Å²) in [6.45, 7) is 2.52. The summed E-state index contributed by atoms with van der Waals surface area (Å²) in [5.41, 5.74) is 2.36. The molecule has 1 amide bonds. The molecule has 30 heavy (non-hydrogen) atoms. The average molecular weight is 405 g/mol. The molecule has 2 aliphatic heterocycles. The van der Waals surface area contributed by atoms with E-state index in [9.17, 15) is 4.79 Å². The first kappa shape index (κ1) is 19.3. The topological polar surface area (TPSA) is 56.6 Å². The van der Waals surface area contributed by atoms with Crippen molar-refractivity contribution in [1.29, 1.82) is 0 Å². The highest BCUT2D eigenvalue weighted by Gasteiger charge is 2.45. The van der Waals surface area contributed by atoms with E-state index >= 15 is 0 Å². The van der Waals surface area contributed by atoms with Crippen LogP contribution in [0, 0.1) is 0 Å². The zero-order chi connectivity index (χ0) is 20.6. The Morgan fingerprint density at radius 1 is 1.20 bits per heavy atom. The molecule has 1 spiro atoms. The van der Waals surface area contributed by atoms with Gasteiger partial charge in [0, 0.05) is 25.4 Å². The maximum absolute atomic E-state index is 13.3. The first-order valence-electron chi connectivity index (χ1n) is 10.6. The van der Waals surface area contributed by atoms with Crippen LogP contribution in [0.15, 0.2) is 54.6 Å². The number of aromatic nitrogens is 2. The maximum atomic E-state index is 13.3. The summed E-state index contributed by atoms with van der Waals surface area (Å²) in [4.78, 5) is 15.2. The molecule has 6 heteroatoms. The molecule has 0 saturated carbocycles. The zero-order valence-corrected chi connectivity index (χ0v) is 17.3. The lowest BCUT2D eigenvalue weighted by Crippen LogP contribution is -2.50. The van der Waals surface area contributed by atoms with Crippen LogP contribution in [0.3, 0.4) is 0 Å². The molecule has 2 atom stereocenters. The van der Waals surface area contributed by atoms with Crippen molar-refractivity contribution >= 4 is 16.8 Å². The molecule has 2 fully saturated rings. The molecule has 2 saturated heterocycles. The number of rotatable bonds is 4. The maximum Gasteiger partial charge on any atom is 0.275 e. The van der Waals surface area contributed by atoms with Gasteiger partial charge in [0.15, 0.2) is 5.69 Å². The highest BCUT2D eigenvalue weighted by atomic mass is 16.6. The van der Waals surface area contributed by atoms with E-state index in [-0.39, 0.29) is 17.6 Å². The lowest BCUT2D eigenvalue weighted by Gasteiger charge is -2.39. The number of fused-ring (bicyclic) bond motifs is 1. The van der Waals surface area contributed by atoms with Crippen molar-refractivity contribution in [2.45, 2.75) is 37.6 Å². The molecule has 5 rings (SSSR count). The van der Waals surface area contributed by atoms with E-state index in [0.29, 0.717) is 25.5 Å². The number of benzene rings is 2. The predicted octanol–water partition coefficient (Wildman–Crippen LogP) is 3.55. The van der Waals surface area contributed by atoms with Crippen LogP contribution in [-0.2, 0) is 23.1 Å². The minimum absolute atomic E-state index is 0.0110. The van der Waals surface area contributed by atoms with Crippen LogP contribution in [0.4, 0.5) is 0 Å². The van der Waals surface area contributed by atoms with Crippen molar-refractivity contribution in [2.24, 2.45) is 7.05 Å². The van der Waals surface area contributed by atoms with Crippen molar-refractivity contribution < 1.29 is 14.3 Å². The van der Waals surface area contributed by atoms with Gasteiger partial charge in [0.05, 0.1) is 37.0 Å². The summed E-state index contributed by atoms with van der Waals surface area (Å²) in [7, 11) is 1.88. The van der Waals surface area contributed by atoms with Crippen LogP contribution in [0.1, 0.15) is 35.3 Å². The SMILES string of the molecule is Cn1nc(C(=O)N2CCCC3(CC(OCc4ccccc4)CO3)C2)c2ccccc21. The number of carbonyl (C=O) groups is 1. The van der Waals surface area contributed by atoms with Gasteiger partial charge in [-0.2, -0.15) is 5.10 Å². The number of amides is 1. The number of para-hydroxylation sites is 1. The third kappa shape index (κ3) is 3.61. The van der Waals surface area contributed by atoms with Gasteiger partial charge in [-0.1, -0.05) is 48.5 Å². The molecular formula is C24H27N3O3. The van der Waals surface area contributed by atoms with Crippen LogP contribution < -0.4 is 0 Å². The number of hydrogen-bond donors (Lipinski definition) is 0. The van der Waals surface area contributed by atoms with Gasteiger partial charge in [-0.25, -0.2) is 0 Å². The van der Waals surface area contributed by atoms with Gasteiger partial charge in [0.1, 0.15) is 0 Å². The second-order valence-electron chi connectivity index (χ2n) is 8.44. The van der Waals surface area contributed by atoms with Crippen LogP contribution in [0.2, 0.25) is 0 Å². The molecule has 0 bridgehead atoms. The number of nitrogens with zero attached hydrogens (tertiary/aromatic N) is 3. The number of aryl methyl sites for hydroxylation is 1. The minimum atomic E-state index is -0.306. The molecule has 6 nitrogen and oxygen atoms in total. The fourth-order valence-electron chi connectivity index (χ4n) is 4.78. The fourth-order valence-corrected chi connectivity index (χ4v) is 4.78. The second kappa shape index (κ2) is 7.85. The summed E-state index contributed by atoms with van der Waals surface area (Å²) >= 11 is 0. The van der Waals surface area contributed by atoms with Gasteiger partial charge in [-0.3, -0.25) is 9.48 Å². The number of likely N-dealkylation sites (tertiary alicyclic amines) is 1. The molecule has 2 aliphatic rings. The number of carbonyl (C=O) groups excluding carboxylic acids is 1. The van der Waals surface area contributed by atoms with Crippen molar-refractivity contribution in [3.8, 4) is 0 Å². The standard InChI is InChI=1S/C24H27N3O3/c1-26-21-11-6-5-10-20(21)22(25-26)23(28)27-13-7-12-24(17-27)14-19(16-30-24)29-15-18-8-3-2-4-9-18/h2-6,8-11,19H,7,12-17H2,1H3. The van der Waals surface area contributed by atoms with E-state index in [0.717, 1.165) is 36.7 Å². The summed E-state index contributed by atoms with van der Waals surface area (Å²) in [6.07, 6.45) is 2.79. The predicted molar refractivity (Wildman–Crippen MR) is 114 cm³/mol. The Morgan fingerprint density at radius 2 is 2.00 bits per heavy atom. The molecular weight excluding hydrogens is 378 g/mol. The second-order valence-corrected chi connectivity index (χ2v) is 8.44. The van der Waals surface area contributed by atoms with Crippen molar-refractivity contribution in [1.82, 2.24) is 14.7 Å². The molecule has 3 heterocycles. The van der Waals surface area contributed by atoms with Crippen LogP contribution in [0.5, 0.6) is 0 Å². The Morgan fingerprint density at radius 3 is 2.87 bits per heavy atom. The van der Waals surface area contributed by atoms with E-state index < -0.39 is 0 Å². The quantitative estimate of drug-likeness (QED) is 0.666. The Balaban J connectivity index is 1.27. The third-order valence-electron chi connectivity index (χ3n) is 6.29. The van der Waals surface area contributed by atoms with Gasteiger partial charge >= 0.3 is 0 Å². The molecule has 2 aromatic carbocycles. The molecule has 3 aromatic rings. The molecule has 2 unspecified atom stereocenters. The average Bonchev–Trinajstić information content (AvgIpc) is 3.33. The summed E-state index contributed by atoms with van der Waals surface area (Å²) in [5.74, 6) is -0.0110. The highest BCUT2D eigenvalue weighted by molar-refractivity contribution is 6.04. The van der Waals surface area contributed by atoms with Crippen molar-refractivity contribution in [2.75, 3.05) is 19.7 Å². The van der Waals surface area contributed by atoms with Crippen LogP contribution in [0.25, 0.3) is 10.9 Å². The summed E-state index contributed by atoms with van der Waals surface area (Å²) in [5, 5.41) is 5.42. The van der Waals surface area contributed by atoms with E-state index in [4.69, 9.17) is 9.47 Å². The lowest BCUT2D eigenvalue weighted by atomic mass is 9.89. The first-order chi connectivity index (χ1) is 14.6. The summed E-state index contributed by atoms with van der Waals surface area (Å²) in [6, 6.07) is 18.1. The smallest absolute Gasteiger partial charge is 0.275 e. The summed E-state index contributed by atoms with van der Waals surface area (Å²) < 4.78 is 14.1. The number of hydrogen-bond acceptors (Lipinski definition) is 4. The fraction of sp³-hybridized carbons (Fsp3) is 0.417. The van der Waals surface area contributed by atoms with E-state index in [1.165, 1.54) is 5.56 Å². The van der Waals surface area contributed by atoms with Crippen LogP contribution in [-0.4, -0.2) is 52.0 Å². The van der Waals surface area contributed by atoms with Crippen LogP contribution >= 0.6 is 0 Å². The Kier molecular flexibility index (Phi) is 5.05. The third-order valence-corrected chi connectivity index (χ3v) is 6.29. The Bertz CT molecular complexity index is 1050. The Labute approximate surface area is 176 Å². The molecule has 0 radical (unpaired) electrons. The Hall–Kier alpha value is -2.70. The van der Waals surface area contributed by atoms with Crippen molar-refractivity contribution in [3.05, 3.63) is 65.9 Å². The normalized spacial score (nSPS) is 24.0. The van der Waals surface area contributed by atoms with E-state index in [1.54, 1.807) is 4.68 Å². The minimum Gasteiger partial charge on any atom is -0.371 e. The van der Waals surface area contributed by atoms with Gasteiger partial charge < -0.3 is 14.4 Å². The first-order valence-corrected chi connectivity index (χ1v) is 10.6. The lowest BCUT2D eigenvalue weighted by molar-refractivity contribution is -0.0467. The molecule has 1 aromatic heterocycles. The molecule has 0 N–H and O–H groups in total. The molecule has 0 aliphatic carbocycles. The van der Waals surface area contributed by atoms with Crippen molar-refractivity contribution in [3.63, 3.8) is 0 Å². The van der Waals surface area contributed by atoms with Gasteiger partial charge in [0.2, 0.25) is 0 Å². The highest BCUT2D eigenvalue weighted by Crippen LogP contribution is 2.36. The molecule has 156 valence electrons. The number of piperidine rings is 1. The number of ether oxygens (including phenoxy) is 2. The van der Waals surface area contributed by atoms with Gasteiger partial charge in [-0.05, 0) is 24.5 Å².